The Morgan fingerprint density at radius 2 is 1.95 bits per heavy atom. The standard InChI is InChI=1S/C13H15NO4S/c1-2-8-14-12(16)11(9-15)13(14)19(17,18)10-6-4-3-5-7-10/h2-7,11,13,15H,1,8-9H2. The Bertz CT molecular complexity index is 582. The second kappa shape index (κ2) is 5.14. The van der Waals surface area contributed by atoms with E-state index in [1.807, 2.05) is 0 Å². The van der Waals surface area contributed by atoms with Gasteiger partial charge in [-0.25, -0.2) is 8.42 Å². The number of aliphatic hydroxyl groups excluding tert-OH is 1. The van der Waals surface area contributed by atoms with Crippen molar-refractivity contribution in [3.05, 3.63) is 43.0 Å². The number of amides is 1. The molecule has 1 aliphatic rings. The van der Waals surface area contributed by atoms with Crippen LogP contribution < -0.4 is 0 Å². The molecule has 1 N–H and O–H groups in total. The first-order chi connectivity index (χ1) is 9.04. The van der Waals surface area contributed by atoms with Gasteiger partial charge in [0, 0.05) is 6.54 Å². The van der Waals surface area contributed by atoms with Gasteiger partial charge in [-0.1, -0.05) is 24.3 Å². The molecular weight excluding hydrogens is 266 g/mol. The second-order valence-electron chi connectivity index (χ2n) is 4.32. The van der Waals surface area contributed by atoms with Gasteiger partial charge >= 0.3 is 0 Å². The lowest BCUT2D eigenvalue weighted by Crippen LogP contribution is -2.65. The maximum atomic E-state index is 12.5. The summed E-state index contributed by atoms with van der Waals surface area (Å²) in [6.45, 7) is 3.20. The lowest BCUT2D eigenvalue weighted by Gasteiger charge is -2.45. The van der Waals surface area contributed by atoms with E-state index >= 15 is 0 Å². The zero-order chi connectivity index (χ0) is 14.0. The Morgan fingerprint density at radius 3 is 2.47 bits per heavy atom. The van der Waals surface area contributed by atoms with Crippen LogP contribution in [-0.4, -0.2) is 42.9 Å². The first kappa shape index (κ1) is 13.8. The van der Waals surface area contributed by atoms with Crippen molar-refractivity contribution in [1.82, 2.24) is 4.90 Å². The molecule has 1 amide bonds. The van der Waals surface area contributed by atoms with Crippen LogP contribution in [0.1, 0.15) is 0 Å². The quantitative estimate of drug-likeness (QED) is 0.627. The summed E-state index contributed by atoms with van der Waals surface area (Å²) in [5.41, 5.74) is 0. The minimum Gasteiger partial charge on any atom is -0.395 e. The van der Waals surface area contributed by atoms with Crippen molar-refractivity contribution in [3.8, 4) is 0 Å². The molecule has 1 heterocycles. The van der Waals surface area contributed by atoms with E-state index in [-0.39, 0.29) is 17.3 Å². The number of β-lactam (4-membered cyclic amide) rings is 1. The van der Waals surface area contributed by atoms with Crippen molar-refractivity contribution in [1.29, 1.82) is 0 Å². The fourth-order valence-electron chi connectivity index (χ4n) is 2.23. The molecule has 2 rings (SSSR count). The SMILES string of the molecule is C=CCN1C(=O)C(CO)C1S(=O)(=O)c1ccccc1. The molecule has 2 unspecified atom stereocenters. The largest absolute Gasteiger partial charge is 0.395 e. The summed E-state index contributed by atoms with van der Waals surface area (Å²) < 4.78 is 25.0. The average Bonchev–Trinajstić information content (AvgIpc) is 2.42. The van der Waals surface area contributed by atoms with Gasteiger partial charge in [-0.2, -0.15) is 0 Å². The lowest BCUT2D eigenvalue weighted by atomic mass is 9.99. The zero-order valence-corrected chi connectivity index (χ0v) is 11.1. The third kappa shape index (κ3) is 2.17. The number of likely N-dealkylation sites (tertiary alicyclic amines) is 1. The summed E-state index contributed by atoms with van der Waals surface area (Å²) in [5, 5.41) is 8.18. The first-order valence-corrected chi connectivity index (χ1v) is 7.40. The van der Waals surface area contributed by atoms with E-state index in [9.17, 15) is 18.3 Å². The van der Waals surface area contributed by atoms with Crippen LogP contribution in [0.5, 0.6) is 0 Å². The number of carbonyl (C=O) groups excluding carboxylic acids is 1. The zero-order valence-electron chi connectivity index (χ0n) is 10.3. The van der Waals surface area contributed by atoms with Crippen molar-refractivity contribution in [2.75, 3.05) is 13.2 Å². The first-order valence-electron chi connectivity index (χ1n) is 5.85. The molecule has 1 saturated heterocycles. The third-order valence-electron chi connectivity index (χ3n) is 3.16. The summed E-state index contributed by atoms with van der Waals surface area (Å²) in [5.74, 6) is -1.24. The number of hydrogen-bond acceptors (Lipinski definition) is 4. The van der Waals surface area contributed by atoms with E-state index in [4.69, 9.17) is 0 Å². The second-order valence-corrected chi connectivity index (χ2v) is 6.36. The van der Waals surface area contributed by atoms with Gasteiger partial charge in [0.15, 0.2) is 15.2 Å². The number of rotatable bonds is 5. The number of nitrogens with zero attached hydrogens (tertiary/aromatic N) is 1. The van der Waals surface area contributed by atoms with Crippen molar-refractivity contribution >= 4 is 15.7 Å². The molecule has 0 spiro atoms. The van der Waals surface area contributed by atoms with Gasteiger partial charge in [0.25, 0.3) is 0 Å². The molecule has 0 radical (unpaired) electrons. The lowest BCUT2D eigenvalue weighted by molar-refractivity contribution is -0.152. The molecule has 0 aromatic heterocycles. The molecule has 1 aliphatic heterocycles. The maximum absolute atomic E-state index is 12.5. The summed E-state index contributed by atoms with van der Waals surface area (Å²) in [6.07, 6.45) is 1.47. The predicted octanol–water partition coefficient (Wildman–Crippen LogP) is 0.423. The Balaban J connectivity index is 2.38. The number of hydrogen-bond donors (Lipinski definition) is 1. The number of aliphatic hydroxyl groups is 1. The highest BCUT2D eigenvalue weighted by Gasteiger charge is 2.53. The van der Waals surface area contributed by atoms with E-state index in [2.05, 4.69) is 6.58 Å². The Hall–Kier alpha value is -1.66. The molecule has 0 bridgehead atoms. The highest BCUT2D eigenvalue weighted by atomic mass is 32.2. The van der Waals surface area contributed by atoms with Crippen molar-refractivity contribution in [2.45, 2.75) is 10.3 Å². The van der Waals surface area contributed by atoms with Crippen LogP contribution in [0.25, 0.3) is 0 Å². The molecule has 1 aromatic rings. The predicted molar refractivity (Wildman–Crippen MR) is 69.9 cm³/mol. The molecule has 0 saturated carbocycles. The topological polar surface area (TPSA) is 74.7 Å². The van der Waals surface area contributed by atoms with Crippen LogP contribution in [0, 0.1) is 5.92 Å². The van der Waals surface area contributed by atoms with E-state index in [0.29, 0.717) is 0 Å². The van der Waals surface area contributed by atoms with E-state index in [1.165, 1.54) is 23.1 Å². The van der Waals surface area contributed by atoms with E-state index < -0.39 is 27.7 Å². The Kier molecular flexibility index (Phi) is 3.73. The number of benzene rings is 1. The molecule has 102 valence electrons. The van der Waals surface area contributed by atoms with E-state index in [1.54, 1.807) is 18.2 Å². The molecule has 1 aromatic carbocycles. The molecule has 2 atom stereocenters. The number of carbonyl (C=O) groups is 1. The average molecular weight is 281 g/mol. The summed E-state index contributed by atoms with van der Waals surface area (Å²) >= 11 is 0. The minimum atomic E-state index is -3.67. The van der Waals surface area contributed by atoms with Crippen molar-refractivity contribution in [3.63, 3.8) is 0 Å². The van der Waals surface area contributed by atoms with Gasteiger partial charge in [0.05, 0.1) is 17.4 Å². The van der Waals surface area contributed by atoms with E-state index in [0.717, 1.165) is 0 Å². The van der Waals surface area contributed by atoms with Crippen molar-refractivity contribution in [2.24, 2.45) is 5.92 Å². The van der Waals surface area contributed by atoms with Gasteiger partial charge in [0.2, 0.25) is 5.91 Å². The van der Waals surface area contributed by atoms with Crippen LogP contribution in [0.3, 0.4) is 0 Å². The smallest absolute Gasteiger partial charge is 0.232 e. The van der Waals surface area contributed by atoms with Crippen molar-refractivity contribution < 1.29 is 18.3 Å². The fourth-order valence-corrected chi connectivity index (χ4v) is 4.21. The monoisotopic (exact) mass is 281 g/mol. The Labute approximate surface area is 112 Å². The fraction of sp³-hybridized carbons (Fsp3) is 0.308. The van der Waals surface area contributed by atoms with Crippen LogP contribution >= 0.6 is 0 Å². The summed E-state index contributed by atoms with van der Waals surface area (Å²) in [6, 6.07) is 7.94. The van der Waals surface area contributed by atoms with Gasteiger partial charge in [-0.05, 0) is 12.1 Å². The van der Waals surface area contributed by atoms with Crippen LogP contribution in [-0.2, 0) is 14.6 Å². The highest BCUT2D eigenvalue weighted by Crippen LogP contribution is 2.34. The van der Waals surface area contributed by atoms with Gasteiger partial charge in [-0.15, -0.1) is 6.58 Å². The molecular formula is C13H15NO4S. The van der Waals surface area contributed by atoms with Crippen LogP contribution in [0.15, 0.2) is 47.9 Å². The molecule has 6 heteroatoms. The maximum Gasteiger partial charge on any atom is 0.232 e. The van der Waals surface area contributed by atoms with Gasteiger partial charge < -0.3 is 10.0 Å². The third-order valence-corrected chi connectivity index (χ3v) is 5.31. The molecule has 19 heavy (non-hydrogen) atoms. The van der Waals surface area contributed by atoms with Crippen LogP contribution in [0.4, 0.5) is 0 Å². The highest BCUT2D eigenvalue weighted by molar-refractivity contribution is 7.92. The molecule has 0 aliphatic carbocycles. The minimum absolute atomic E-state index is 0.153. The summed E-state index contributed by atoms with van der Waals surface area (Å²) in [7, 11) is -3.67. The van der Waals surface area contributed by atoms with Crippen LogP contribution in [0.2, 0.25) is 0 Å². The van der Waals surface area contributed by atoms with Gasteiger partial charge in [0.1, 0.15) is 0 Å². The number of sulfone groups is 1. The summed E-state index contributed by atoms with van der Waals surface area (Å²) in [4.78, 5) is 13.1. The Morgan fingerprint density at radius 1 is 1.32 bits per heavy atom. The van der Waals surface area contributed by atoms with Gasteiger partial charge in [-0.3, -0.25) is 4.79 Å². The molecule has 1 fully saturated rings. The normalized spacial score (nSPS) is 23.0. The molecule has 5 nitrogen and oxygen atoms in total.